The minimum absolute atomic E-state index is 0.00507. The summed E-state index contributed by atoms with van der Waals surface area (Å²) in [4.78, 5) is 37.6. The van der Waals surface area contributed by atoms with Crippen LogP contribution in [-0.2, 0) is 9.53 Å². The lowest BCUT2D eigenvalue weighted by molar-refractivity contribution is -0.122. The van der Waals surface area contributed by atoms with Crippen LogP contribution >= 0.6 is 23.5 Å². The molecule has 0 aromatic heterocycles. The number of amides is 2. The third-order valence-corrected chi connectivity index (χ3v) is 8.12. The third-order valence-electron chi connectivity index (χ3n) is 5.21. The van der Waals surface area contributed by atoms with Gasteiger partial charge in [-0.1, -0.05) is 19.1 Å². The molecule has 2 rings (SSSR count). The van der Waals surface area contributed by atoms with Gasteiger partial charge in [0.25, 0.3) is 5.91 Å². The van der Waals surface area contributed by atoms with Crippen LogP contribution in [0.3, 0.4) is 0 Å². The second-order valence-corrected chi connectivity index (χ2v) is 12.7. The highest BCUT2D eigenvalue weighted by molar-refractivity contribution is 8.04. The average molecular weight is 495 g/mol. The summed E-state index contributed by atoms with van der Waals surface area (Å²) in [6.07, 6.45) is 0.663. The van der Waals surface area contributed by atoms with E-state index in [1.54, 1.807) is 24.3 Å². The molecule has 1 aromatic carbocycles. The van der Waals surface area contributed by atoms with Crippen LogP contribution in [-0.4, -0.2) is 64.4 Å². The maximum absolute atomic E-state index is 12.8. The van der Waals surface area contributed by atoms with E-state index in [4.69, 9.17) is 4.74 Å². The van der Waals surface area contributed by atoms with Gasteiger partial charge in [-0.15, -0.1) is 0 Å². The molecule has 1 fully saturated rings. The van der Waals surface area contributed by atoms with Crippen LogP contribution in [0.4, 0.5) is 0 Å². The first kappa shape index (κ1) is 27.7. The van der Waals surface area contributed by atoms with Gasteiger partial charge in [0.15, 0.2) is 5.78 Å². The lowest BCUT2D eigenvalue weighted by Gasteiger charge is -2.28. The zero-order valence-electron chi connectivity index (χ0n) is 20.7. The molecule has 1 aromatic rings. The van der Waals surface area contributed by atoms with Crippen LogP contribution in [0.1, 0.15) is 68.7 Å². The van der Waals surface area contributed by atoms with E-state index in [2.05, 4.69) is 17.6 Å². The predicted octanol–water partition coefficient (Wildman–Crippen LogP) is 4.18. The maximum atomic E-state index is 12.8. The fourth-order valence-electron chi connectivity index (χ4n) is 3.28. The van der Waals surface area contributed by atoms with Crippen molar-refractivity contribution in [2.45, 2.75) is 64.4 Å². The standard InChI is InChI=1S/C25H38N2O4S2/c1-17-14-32-15-20(16-33-17)22(29)18-7-9-19(10-8-18)23(30)26-13-21(28)27-25(5,6)11-12-31-24(2,3)4/h7-10,17,20H,11-16H2,1-6H3,(H,26,30)(H,27,28). The van der Waals surface area contributed by atoms with E-state index >= 15 is 0 Å². The first-order valence-corrected chi connectivity index (χ1v) is 13.6. The Labute approximate surface area is 206 Å². The van der Waals surface area contributed by atoms with Crippen molar-refractivity contribution in [3.63, 3.8) is 0 Å². The molecule has 1 saturated heterocycles. The fraction of sp³-hybridized carbons (Fsp3) is 0.640. The Hall–Kier alpha value is -1.51. The number of hydrogen-bond donors (Lipinski definition) is 2. The number of rotatable bonds is 9. The molecule has 184 valence electrons. The smallest absolute Gasteiger partial charge is 0.251 e. The van der Waals surface area contributed by atoms with E-state index in [0.717, 1.165) is 17.3 Å². The van der Waals surface area contributed by atoms with Crippen LogP contribution in [0.25, 0.3) is 0 Å². The number of carbonyl (C=O) groups excluding carboxylic acids is 3. The number of thioether (sulfide) groups is 2. The predicted molar refractivity (Wildman–Crippen MR) is 138 cm³/mol. The molecule has 2 N–H and O–H groups in total. The zero-order valence-corrected chi connectivity index (χ0v) is 22.3. The van der Waals surface area contributed by atoms with E-state index in [-0.39, 0.29) is 35.7 Å². The van der Waals surface area contributed by atoms with E-state index in [9.17, 15) is 14.4 Å². The van der Waals surface area contributed by atoms with Crippen LogP contribution in [0.2, 0.25) is 0 Å². The molecule has 2 unspecified atom stereocenters. The van der Waals surface area contributed by atoms with Crippen molar-refractivity contribution in [2.75, 3.05) is 30.4 Å². The molecule has 1 aliphatic rings. The fourth-order valence-corrected chi connectivity index (χ4v) is 5.96. The largest absolute Gasteiger partial charge is 0.376 e. The number of benzene rings is 1. The van der Waals surface area contributed by atoms with Crippen LogP contribution in [0.15, 0.2) is 24.3 Å². The molecule has 8 heteroatoms. The summed E-state index contributed by atoms with van der Waals surface area (Å²) < 4.78 is 5.73. The van der Waals surface area contributed by atoms with Crippen molar-refractivity contribution in [3.8, 4) is 0 Å². The molecular formula is C25H38N2O4S2. The Morgan fingerprint density at radius 1 is 1.00 bits per heavy atom. The topological polar surface area (TPSA) is 84.5 Å². The first-order chi connectivity index (χ1) is 15.4. The van der Waals surface area contributed by atoms with Gasteiger partial charge in [0.2, 0.25) is 5.91 Å². The van der Waals surface area contributed by atoms with E-state index in [1.807, 2.05) is 58.1 Å². The number of nitrogens with one attached hydrogen (secondary N) is 2. The molecular weight excluding hydrogens is 456 g/mol. The SMILES string of the molecule is CC1CSCC(C(=O)c2ccc(C(=O)NCC(=O)NC(C)(C)CCOC(C)(C)C)cc2)CS1. The average Bonchev–Trinajstić information content (AvgIpc) is 2.94. The Balaban J connectivity index is 1.81. The van der Waals surface area contributed by atoms with Gasteiger partial charge in [-0.25, -0.2) is 0 Å². The van der Waals surface area contributed by atoms with E-state index in [1.165, 1.54) is 0 Å². The van der Waals surface area contributed by atoms with Crippen LogP contribution < -0.4 is 10.6 Å². The highest BCUT2D eigenvalue weighted by Crippen LogP contribution is 2.28. The highest BCUT2D eigenvalue weighted by Gasteiger charge is 2.25. The molecule has 0 radical (unpaired) electrons. The van der Waals surface area contributed by atoms with Crippen LogP contribution in [0, 0.1) is 5.92 Å². The molecule has 0 saturated carbocycles. The van der Waals surface area contributed by atoms with Gasteiger partial charge in [0, 0.05) is 51.7 Å². The molecule has 2 atom stereocenters. The van der Waals surface area contributed by atoms with Crippen molar-refractivity contribution < 1.29 is 19.1 Å². The second-order valence-electron chi connectivity index (χ2n) is 10.1. The van der Waals surface area contributed by atoms with Crippen molar-refractivity contribution in [2.24, 2.45) is 5.92 Å². The van der Waals surface area contributed by atoms with Gasteiger partial charge >= 0.3 is 0 Å². The Morgan fingerprint density at radius 3 is 2.27 bits per heavy atom. The number of carbonyl (C=O) groups is 3. The van der Waals surface area contributed by atoms with Crippen molar-refractivity contribution in [1.82, 2.24) is 10.6 Å². The van der Waals surface area contributed by atoms with Crippen LogP contribution in [0.5, 0.6) is 0 Å². The summed E-state index contributed by atoms with van der Waals surface area (Å²) in [6, 6.07) is 6.71. The van der Waals surface area contributed by atoms with Gasteiger partial charge in [-0.2, -0.15) is 23.5 Å². The molecule has 0 aliphatic carbocycles. The van der Waals surface area contributed by atoms with E-state index in [0.29, 0.717) is 29.4 Å². The second kappa shape index (κ2) is 12.3. The molecule has 1 aliphatic heterocycles. The molecule has 0 bridgehead atoms. The van der Waals surface area contributed by atoms with E-state index < -0.39 is 5.54 Å². The van der Waals surface area contributed by atoms with Gasteiger partial charge in [-0.3, -0.25) is 14.4 Å². The monoisotopic (exact) mass is 494 g/mol. The maximum Gasteiger partial charge on any atom is 0.251 e. The lowest BCUT2D eigenvalue weighted by atomic mass is 9.99. The Kier molecular flexibility index (Phi) is 10.3. The molecule has 0 spiro atoms. The summed E-state index contributed by atoms with van der Waals surface area (Å²) in [7, 11) is 0. The minimum Gasteiger partial charge on any atom is -0.376 e. The Bertz CT molecular complexity index is 819. The summed E-state index contributed by atoms with van der Waals surface area (Å²) in [5.74, 6) is 2.29. The summed E-state index contributed by atoms with van der Waals surface area (Å²) in [6.45, 7) is 12.5. The summed E-state index contributed by atoms with van der Waals surface area (Å²) >= 11 is 3.68. The zero-order chi connectivity index (χ0) is 24.6. The van der Waals surface area contributed by atoms with Crippen molar-refractivity contribution in [1.29, 1.82) is 0 Å². The number of hydrogen-bond acceptors (Lipinski definition) is 6. The van der Waals surface area contributed by atoms with Crippen molar-refractivity contribution in [3.05, 3.63) is 35.4 Å². The first-order valence-electron chi connectivity index (χ1n) is 11.4. The highest BCUT2D eigenvalue weighted by atomic mass is 32.2. The summed E-state index contributed by atoms with van der Waals surface area (Å²) in [5, 5.41) is 6.16. The van der Waals surface area contributed by atoms with Gasteiger partial charge in [0.05, 0.1) is 12.1 Å². The summed E-state index contributed by atoms with van der Waals surface area (Å²) in [5.41, 5.74) is 0.390. The van der Waals surface area contributed by atoms with Gasteiger partial charge in [-0.05, 0) is 53.2 Å². The number of ketones is 1. The minimum atomic E-state index is -0.443. The Morgan fingerprint density at radius 2 is 1.64 bits per heavy atom. The van der Waals surface area contributed by atoms with Gasteiger partial charge < -0.3 is 15.4 Å². The number of Topliss-reactive ketones (excluding diaryl/α,β-unsaturated/α-hetero) is 1. The molecule has 6 nitrogen and oxygen atoms in total. The molecule has 2 amide bonds. The van der Waals surface area contributed by atoms with Crippen molar-refractivity contribution >= 4 is 41.1 Å². The molecule has 33 heavy (non-hydrogen) atoms. The lowest BCUT2D eigenvalue weighted by Crippen LogP contribution is -2.48. The molecule has 1 heterocycles. The third kappa shape index (κ3) is 10.1. The van der Waals surface area contributed by atoms with Gasteiger partial charge in [0.1, 0.15) is 0 Å². The number of ether oxygens (including phenoxy) is 1. The quantitative estimate of drug-likeness (QED) is 0.501. The normalized spacial score (nSPS) is 19.5.